The number of methoxy groups -OCH3 is 2. The van der Waals surface area contributed by atoms with Crippen molar-refractivity contribution in [3.05, 3.63) is 153 Å². The van der Waals surface area contributed by atoms with Gasteiger partial charge in [0.2, 0.25) is 29.5 Å². The Bertz CT molecular complexity index is 4260. The SMILES string of the molecule is CC(C)c1nc(CN(C)C(=O)N[C@@H](CC(N)=O)C(=O)N[C@@H](CC[C@@H](Cc2ccccc2)NC(=O)OCc2cncs2)Cc2ccccc2)cs1.CC(C)c1nc(CN(C)C(=O)N[C@@H](CC(N)=O)C(=O)O)cs1.CNCc1csc(C(C)C)n1.COC(=O)[C@@H](N)CC(N)=O.COC(=O)[C@H](CC(N)=O)NC(=O)N(C)Cc1csc(C(C)C)n1.Cl.I.II.I[I-]I. The van der Waals surface area contributed by atoms with Crippen LogP contribution in [0.2, 0.25) is 0 Å². The van der Waals surface area contributed by atoms with Gasteiger partial charge in [0.15, 0.2) is 0 Å². The van der Waals surface area contributed by atoms with Crippen LogP contribution in [0.1, 0.15) is 176 Å². The van der Waals surface area contributed by atoms with Crippen molar-refractivity contribution >= 4 is 239 Å². The van der Waals surface area contributed by atoms with E-state index in [-0.39, 0.29) is 87.3 Å². The fraction of sp³-hybridized carbons (Fsp3) is 0.487. The number of rotatable bonds is 38. The number of thiazole rings is 5. The summed E-state index contributed by atoms with van der Waals surface area (Å²) in [4.78, 5) is 168. The minimum atomic E-state index is -1.34. The molecule has 35 nitrogen and oxygen atoms in total. The summed E-state index contributed by atoms with van der Waals surface area (Å²) in [5.41, 5.74) is 32.6. The van der Waals surface area contributed by atoms with Crippen molar-refractivity contribution in [2.75, 3.05) is 42.4 Å². The quantitative estimate of drug-likeness (QED) is 0.00978. The molecule has 0 bridgehead atoms. The number of benzene rings is 2. The van der Waals surface area contributed by atoms with Gasteiger partial charge in [-0.2, -0.15) is 0 Å². The van der Waals surface area contributed by atoms with Crippen LogP contribution in [-0.4, -0.2) is 195 Å². The van der Waals surface area contributed by atoms with Gasteiger partial charge in [-0.15, -0.1) is 93.1 Å². The Morgan fingerprint density at radius 1 is 0.504 bits per heavy atom. The number of nitrogens with zero attached hydrogens (tertiary/aromatic N) is 8. The molecular weight excluding hydrogens is 2390 g/mol. The average molecular weight is 2510 g/mol. The van der Waals surface area contributed by atoms with Crippen LogP contribution in [0.15, 0.2) is 93.9 Å². The Labute approximate surface area is 814 Å². The van der Waals surface area contributed by atoms with E-state index in [1.165, 1.54) is 86.3 Å². The topological polar surface area (TPSA) is 529 Å². The second kappa shape index (κ2) is 67.3. The van der Waals surface area contributed by atoms with Gasteiger partial charge >= 0.3 is 92.6 Å². The zero-order valence-corrected chi connectivity index (χ0v) is 88.5. The van der Waals surface area contributed by atoms with Crippen LogP contribution in [0.4, 0.5) is 19.2 Å². The summed E-state index contributed by atoms with van der Waals surface area (Å²) in [6.45, 7) is 18.4. The van der Waals surface area contributed by atoms with Gasteiger partial charge in [0, 0.05) is 128 Å². The number of carboxylic acids is 1. The molecule has 0 aliphatic heterocycles. The van der Waals surface area contributed by atoms with E-state index < -0.39 is 108 Å². The average Bonchev–Trinajstić information content (AvgIpc) is 1.67. The molecule has 2 aromatic carbocycles. The molecule has 7 aromatic rings. The summed E-state index contributed by atoms with van der Waals surface area (Å²) >= 11 is 17.3. The van der Waals surface area contributed by atoms with Gasteiger partial charge < -0.3 is 94.6 Å². The standard InChI is InChI=1S/C36H45N7O5S2.C14H22N4O4S.C13H20N4O4S.C8H14N2S.C5H10N2O3.ClH.I3.I2.HI/c1-24(2)34-40-29(22-49-34)20-43(3)35(46)42-31(18-32(37)44)33(45)39-27(16-25-10-6-4-7-11-25)14-15-28(17-26-12-8-5-9-13-26)41-36(47)48-21-30-19-38-23-50-30;1-8(2)12-16-9(7-23-12)6-18(3)14(21)17-10(5-11(15)19)13(20)22-4;1-7(2)11-15-8(6-22-11)5-17(3)13(21)16-9(12(19)20)4-10(14)18;1-6(2)8-10-7(4-9-3)5-11-8;1-10-5(9)3(6)2-4(7)8;;1-3-2;1-2;/h4-13,19,22-24,27-28,31H,14-18,20-21H2,1-3H3,(H2,37,44)(H,39,45)(H,41,47)(H,42,46);7-8,10H,5-6H2,1-4H3,(H2,15,19)(H,17,21);6-7,9H,4-5H2,1-3H3,(H2,14,18)(H,16,21)(H,19,20);5-6,9H,4H2,1-3H3;3H,2,6H2,1H3,(H2,7,8);1H;;;1H/q;;;;;;-1;;/t27-,28-,31-;10-;9-;;3-;;;;/m000.0..../s1. The molecule has 0 saturated carbocycles. The van der Waals surface area contributed by atoms with Crippen LogP contribution < -0.4 is 73.8 Å². The number of halogens is 7. The van der Waals surface area contributed by atoms with Crippen LogP contribution in [0, 0.1) is 0 Å². The van der Waals surface area contributed by atoms with Gasteiger partial charge in [0.25, 0.3) is 0 Å². The molecule has 0 fully saturated rings. The normalized spacial score (nSPS) is 11.8. The Balaban J connectivity index is 0. The zero-order chi connectivity index (χ0) is 91.4. The molecule has 7 rings (SSSR count). The molecule has 0 aliphatic rings. The monoisotopic (exact) mass is 2500 g/mol. The van der Waals surface area contributed by atoms with E-state index in [9.17, 15) is 57.5 Å². The molecule has 0 aliphatic carbocycles. The summed E-state index contributed by atoms with van der Waals surface area (Å²) in [7, 11) is 9.01. The molecule has 17 N–H and O–H groups in total. The van der Waals surface area contributed by atoms with Gasteiger partial charge in [0.05, 0.1) is 113 Å². The number of nitrogens with one attached hydrogen (secondary N) is 6. The van der Waals surface area contributed by atoms with E-state index in [4.69, 9.17) is 38.5 Å². The fourth-order valence-corrected chi connectivity index (χ4v) is 13.8. The van der Waals surface area contributed by atoms with E-state index >= 15 is 0 Å². The number of carbonyl (C=O) groups is 12. The second-order valence-corrected chi connectivity index (χ2v) is 48.5. The van der Waals surface area contributed by atoms with Gasteiger partial charge in [-0.05, 0) is 43.9 Å². The van der Waals surface area contributed by atoms with Crippen LogP contribution in [0.5, 0.6) is 0 Å². The number of ether oxygens (including phenoxy) is 3. The van der Waals surface area contributed by atoms with Gasteiger partial charge in [0.1, 0.15) is 30.8 Å². The Kier molecular flexibility index (Phi) is 65.1. The molecule has 12 amide bonds. The molecule has 0 saturated heterocycles. The number of nitrogens with two attached hydrogens (primary N) is 5. The van der Waals surface area contributed by atoms with Crippen molar-refractivity contribution in [3.8, 4) is 0 Å². The first-order valence-electron chi connectivity index (χ1n) is 37.2. The summed E-state index contributed by atoms with van der Waals surface area (Å²) < 4.78 is 14.2. The van der Waals surface area contributed by atoms with E-state index in [1.54, 1.807) is 37.1 Å². The molecule has 0 spiro atoms. The van der Waals surface area contributed by atoms with E-state index in [1.807, 2.05) is 112 Å². The second-order valence-electron chi connectivity index (χ2n) is 27.7. The number of hydrogen-bond donors (Lipinski definition) is 12. The zero-order valence-electron chi connectivity index (χ0n) is 70.5. The number of urea groups is 3. The van der Waals surface area contributed by atoms with Crippen LogP contribution >= 0.6 is 168 Å². The molecular formula is C76H113ClI6N19O16S5-. The molecule has 0 radical (unpaired) electrons. The number of alkyl carbamates (subject to hydrolysis) is 1. The minimum absolute atomic E-state index is 0. The van der Waals surface area contributed by atoms with Crippen LogP contribution in [0.25, 0.3) is 0 Å². The first-order valence-corrected chi connectivity index (χ1v) is 60.4. The third kappa shape index (κ3) is 52.2. The van der Waals surface area contributed by atoms with Crippen molar-refractivity contribution < 1.29 is 90.1 Å². The Morgan fingerprint density at radius 3 is 1.18 bits per heavy atom. The molecule has 6 atom stereocenters. The van der Waals surface area contributed by atoms with Crippen molar-refractivity contribution in [2.45, 2.75) is 199 Å². The molecule has 0 unspecified atom stereocenters. The maximum absolute atomic E-state index is 13.7. The molecule has 5 heterocycles. The number of aliphatic carboxylic acids is 1. The molecule has 688 valence electrons. The molecule has 47 heteroatoms. The van der Waals surface area contributed by atoms with Crippen molar-refractivity contribution in [1.82, 2.24) is 71.5 Å². The Morgan fingerprint density at radius 2 is 0.846 bits per heavy atom. The summed E-state index contributed by atoms with van der Waals surface area (Å²) in [5.74, 6) is -4.55. The van der Waals surface area contributed by atoms with Crippen molar-refractivity contribution in [1.29, 1.82) is 0 Å². The van der Waals surface area contributed by atoms with Gasteiger partial charge in [-0.3, -0.25) is 33.8 Å². The number of carbonyl (C=O) groups excluding carboxylic acids is 11. The molecule has 123 heavy (non-hydrogen) atoms. The first kappa shape index (κ1) is 119. The van der Waals surface area contributed by atoms with E-state index in [0.717, 1.165) is 60.3 Å². The maximum atomic E-state index is 13.7. The van der Waals surface area contributed by atoms with Crippen molar-refractivity contribution in [3.63, 3.8) is 0 Å². The fourth-order valence-electron chi connectivity index (χ4n) is 9.96. The number of aromatic nitrogens is 5. The van der Waals surface area contributed by atoms with E-state index in [2.05, 4.69) is 174 Å². The number of amides is 12. The summed E-state index contributed by atoms with van der Waals surface area (Å²) in [5, 5.41) is 37.4. The molecule has 5 aromatic heterocycles. The predicted molar refractivity (Wildman–Crippen MR) is 523 cm³/mol. The third-order valence-corrected chi connectivity index (χ3v) is 21.5. The van der Waals surface area contributed by atoms with Crippen LogP contribution in [0.3, 0.4) is 0 Å². The number of esters is 2. The van der Waals surface area contributed by atoms with Gasteiger partial charge in [-0.25, -0.2) is 48.7 Å². The van der Waals surface area contributed by atoms with E-state index in [0.29, 0.717) is 63.2 Å². The van der Waals surface area contributed by atoms with Gasteiger partial charge in [-0.1, -0.05) is 116 Å². The number of hydrogen-bond acceptors (Lipinski definition) is 27. The number of carboxylic acid groups (broad SMARTS) is 1. The summed E-state index contributed by atoms with van der Waals surface area (Å²) in [6.07, 6.45) is 1.81. The summed E-state index contributed by atoms with van der Waals surface area (Å²) in [6, 6.07) is 12.6. The number of primary amides is 4. The third-order valence-electron chi connectivity index (χ3n) is 16.0. The van der Waals surface area contributed by atoms with Crippen molar-refractivity contribution in [2.24, 2.45) is 28.7 Å². The predicted octanol–water partition coefficient (Wildman–Crippen LogP) is 8.65. The van der Waals surface area contributed by atoms with Crippen LogP contribution in [-0.2, 0) is 98.2 Å². The first-order chi connectivity index (χ1) is 57.2. The Hall–Kier alpha value is -5.98.